The largest absolute Gasteiger partial charge is 0.351 e. The lowest BCUT2D eigenvalue weighted by Crippen LogP contribution is -2.29. The van der Waals surface area contributed by atoms with Crippen LogP contribution in [0.5, 0.6) is 0 Å². The molecule has 32 heavy (non-hydrogen) atoms. The number of nitrogens with one attached hydrogen (secondary N) is 1. The molecular weight excluding hydrogens is 486 g/mol. The molecule has 1 saturated heterocycles. The molecule has 1 N–H and O–H groups in total. The summed E-state index contributed by atoms with van der Waals surface area (Å²) < 4.78 is 5.07. The first-order valence-electron chi connectivity index (χ1n) is 10.3. The minimum Gasteiger partial charge on any atom is -0.351 e. The highest BCUT2D eigenvalue weighted by molar-refractivity contribution is 9.10. The number of halogens is 1. The van der Waals surface area contributed by atoms with Gasteiger partial charge < -0.3 is 10.2 Å². The lowest BCUT2D eigenvalue weighted by atomic mass is 9.96. The van der Waals surface area contributed by atoms with E-state index in [0.29, 0.717) is 5.11 Å². The summed E-state index contributed by atoms with van der Waals surface area (Å²) in [5.41, 5.74) is 6.49. The molecule has 2 atom stereocenters. The number of aromatic nitrogens is 5. The number of aryl methyl sites for hydroxylation is 2. The average molecular weight is 508 g/mol. The molecule has 3 aromatic heterocycles. The molecule has 1 fully saturated rings. The summed E-state index contributed by atoms with van der Waals surface area (Å²) in [7, 11) is 0. The highest BCUT2D eigenvalue weighted by Crippen LogP contribution is 2.43. The molecule has 0 spiro atoms. The van der Waals surface area contributed by atoms with Crippen LogP contribution in [0.15, 0.2) is 65.8 Å². The third-order valence-electron chi connectivity index (χ3n) is 5.91. The summed E-state index contributed by atoms with van der Waals surface area (Å²) in [6.07, 6.45) is 5.23. The fourth-order valence-corrected chi connectivity index (χ4v) is 5.05. The van der Waals surface area contributed by atoms with Gasteiger partial charge in [-0.25, -0.2) is 4.68 Å². The van der Waals surface area contributed by atoms with E-state index in [2.05, 4.69) is 91.0 Å². The molecule has 7 nitrogen and oxygen atoms in total. The van der Waals surface area contributed by atoms with Crippen molar-refractivity contribution in [3.8, 4) is 0 Å². The Morgan fingerprint density at radius 3 is 2.50 bits per heavy atom. The maximum atomic E-state index is 5.86. The van der Waals surface area contributed by atoms with Crippen molar-refractivity contribution >= 4 is 38.9 Å². The summed E-state index contributed by atoms with van der Waals surface area (Å²) in [5.74, 6) is 0. The molecule has 0 radical (unpaired) electrons. The van der Waals surface area contributed by atoms with E-state index < -0.39 is 0 Å². The molecular formula is C23H22BrN7S. The standard InChI is InChI=1S/C23H22BrN7S/c1-14-10-17(7-8-19(14)24)30-22(21(28-23(30)32)20-6-4-5-9-25-20)18-11-15(2)31(16(18)3)29-12-26-27-13-29/h4-13,21-22H,1-3H3,(H,28,32)/t21-,22+/m0/s1. The summed E-state index contributed by atoms with van der Waals surface area (Å²) in [6, 6.07) is 14.3. The second-order valence-corrected chi connectivity index (χ2v) is 9.15. The molecule has 0 amide bonds. The molecule has 1 aromatic carbocycles. The molecule has 0 aliphatic carbocycles. The fraction of sp³-hybridized carbons (Fsp3) is 0.217. The normalized spacial score (nSPS) is 18.2. The quantitative estimate of drug-likeness (QED) is 0.405. The molecule has 1 aliphatic rings. The first-order chi connectivity index (χ1) is 15.5. The van der Waals surface area contributed by atoms with Gasteiger partial charge in [0.2, 0.25) is 0 Å². The molecule has 5 rings (SSSR count). The van der Waals surface area contributed by atoms with Crippen molar-refractivity contribution in [2.45, 2.75) is 32.9 Å². The molecule has 0 saturated carbocycles. The van der Waals surface area contributed by atoms with Gasteiger partial charge in [0.25, 0.3) is 0 Å². The zero-order chi connectivity index (χ0) is 22.4. The second-order valence-electron chi connectivity index (χ2n) is 7.91. The Morgan fingerprint density at radius 1 is 1.03 bits per heavy atom. The van der Waals surface area contributed by atoms with Crippen LogP contribution in [0.4, 0.5) is 5.69 Å². The Kier molecular flexibility index (Phi) is 5.30. The van der Waals surface area contributed by atoms with Crippen molar-refractivity contribution in [2.75, 3.05) is 4.90 Å². The molecule has 0 unspecified atom stereocenters. The summed E-state index contributed by atoms with van der Waals surface area (Å²) in [5, 5.41) is 12.2. The van der Waals surface area contributed by atoms with Crippen molar-refractivity contribution < 1.29 is 0 Å². The summed E-state index contributed by atoms with van der Waals surface area (Å²) >= 11 is 9.47. The number of rotatable bonds is 4. The molecule has 4 aromatic rings. The smallest absolute Gasteiger partial charge is 0.174 e. The third-order valence-corrected chi connectivity index (χ3v) is 7.11. The van der Waals surface area contributed by atoms with E-state index >= 15 is 0 Å². The van der Waals surface area contributed by atoms with Crippen LogP contribution in [0.2, 0.25) is 0 Å². The average Bonchev–Trinajstić information content (AvgIpc) is 3.49. The van der Waals surface area contributed by atoms with Crippen LogP contribution in [0.1, 0.15) is 40.3 Å². The van der Waals surface area contributed by atoms with E-state index in [-0.39, 0.29) is 12.1 Å². The topological polar surface area (TPSA) is 63.8 Å². The van der Waals surface area contributed by atoms with Gasteiger partial charge in [0, 0.05) is 33.3 Å². The third kappa shape index (κ3) is 3.41. The Labute approximate surface area is 200 Å². The van der Waals surface area contributed by atoms with Gasteiger partial charge in [-0.3, -0.25) is 9.66 Å². The summed E-state index contributed by atoms with van der Waals surface area (Å²) in [4.78, 5) is 6.85. The lowest BCUT2D eigenvalue weighted by Gasteiger charge is -2.28. The van der Waals surface area contributed by atoms with Gasteiger partial charge in [-0.05, 0) is 75.0 Å². The fourth-order valence-electron chi connectivity index (χ4n) is 4.46. The van der Waals surface area contributed by atoms with Crippen molar-refractivity contribution in [2.24, 2.45) is 0 Å². The maximum Gasteiger partial charge on any atom is 0.174 e. The van der Waals surface area contributed by atoms with E-state index in [4.69, 9.17) is 12.2 Å². The van der Waals surface area contributed by atoms with Crippen molar-refractivity contribution in [1.29, 1.82) is 0 Å². The number of thiocarbonyl (C=S) groups is 1. The Morgan fingerprint density at radius 2 is 1.81 bits per heavy atom. The van der Waals surface area contributed by atoms with Crippen LogP contribution in [0.3, 0.4) is 0 Å². The SMILES string of the molecule is Cc1cc(N2C(=S)N[C@@H](c3ccccn3)[C@H]2c2cc(C)n(-n3cnnc3)c2C)ccc1Br. The van der Waals surface area contributed by atoms with Crippen LogP contribution in [0.25, 0.3) is 0 Å². The van der Waals surface area contributed by atoms with Crippen LogP contribution >= 0.6 is 28.1 Å². The van der Waals surface area contributed by atoms with Gasteiger partial charge in [0.1, 0.15) is 12.7 Å². The van der Waals surface area contributed by atoms with Gasteiger partial charge in [0.05, 0.1) is 17.8 Å². The Hall–Kier alpha value is -3.04. The first-order valence-corrected chi connectivity index (χ1v) is 11.5. The van der Waals surface area contributed by atoms with Gasteiger partial charge >= 0.3 is 0 Å². The van der Waals surface area contributed by atoms with Gasteiger partial charge in [-0.1, -0.05) is 22.0 Å². The van der Waals surface area contributed by atoms with Crippen molar-refractivity contribution in [3.63, 3.8) is 0 Å². The molecule has 1 aliphatic heterocycles. The zero-order valence-corrected chi connectivity index (χ0v) is 20.3. The van der Waals surface area contributed by atoms with E-state index in [1.54, 1.807) is 12.7 Å². The number of anilines is 1. The van der Waals surface area contributed by atoms with E-state index in [9.17, 15) is 0 Å². The second kappa shape index (κ2) is 8.14. The van der Waals surface area contributed by atoms with Gasteiger partial charge in [0.15, 0.2) is 5.11 Å². The predicted molar refractivity (Wildman–Crippen MR) is 132 cm³/mol. The van der Waals surface area contributed by atoms with Gasteiger partial charge in [-0.2, -0.15) is 0 Å². The highest BCUT2D eigenvalue weighted by atomic mass is 79.9. The number of hydrogen-bond donors (Lipinski definition) is 1. The van der Waals surface area contributed by atoms with E-state index in [1.165, 1.54) is 5.56 Å². The monoisotopic (exact) mass is 507 g/mol. The lowest BCUT2D eigenvalue weighted by molar-refractivity contribution is 0.557. The molecule has 162 valence electrons. The van der Waals surface area contributed by atoms with Crippen LogP contribution in [-0.2, 0) is 0 Å². The predicted octanol–water partition coefficient (Wildman–Crippen LogP) is 4.65. The molecule has 0 bridgehead atoms. The van der Waals surface area contributed by atoms with Crippen molar-refractivity contribution in [1.82, 2.24) is 29.9 Å². The number of pyridine rings is 1. The molecule has 9 heteroatoms. The van der Waals surface area contributed by atoms with Crippen LogP contribution < -0.4 is 10.2 Å². The van der Waals surface area contributed by atoms with Crippen LogP contribution in [-0.4, -0.2) is 29.6 Å². The van der Waals surface area contributed by atoms with E-state index in [1.807, 2.05) is 29.1 Å². The number of nitrogens with zero attached hydrogens (tertiary/aromatic N) is 6. The van der Waals surface area contributed by atoms with Gasteiger partial charge in [-0.15, -0.1) is 10.2 Å². The minimum absolute atomic E-state index is 0.0746. The first kappa shape index (κ1) is 20.8. The number of hydrogen-bond acceptors (Lipinski definition) is 4. The Bertz CT molecular complexity index is 1280. The van der Waals surface area contributed by atoms with Crippen molar-refractivity contribution in [3.05, 3.63) is 94.0 Å². The Balaban J connectivity index is 1.69. The zero-order valence-electron chi connectivity index (χ0n) is 17.9. The van der Waals surface area contributed by atoms with Crippen LogP contribution in [0, 0.1) is 20.8 Å². The van der Waals surface area contributed by atoms with E-state index in [0.717, 1.165) is 32.8 Å². The minimum atomic E-state index is -0.0949. The summed E-state index contributed by atoms with van der Waals surface area (Å²) in [6.45, 7) is 6.29. The highest BCUT2D eigenvalue weighted by Gasteiger charge is 2.42. The maximum absolute atomic E-state index is 5.86. The molecule has 4 heterocycles. The number of benzene rings is 1.